The van der Waals surface area contributed by atoms with Gasteiger partial charge in [-0.15, -0.1) is 0 Å². The lowest BCUT2D eigenvalue weighted by Gasteiger charge is -2.40. The van der Waals surface area contributed by atoms with Crippen LogP contribution in [0.15, 0.2) is 18.2 Å². The van der Waals surface area contributed by atoms with E-state index in [9.17, 15) is 0 Å². The molecule has 98 valence electrons. The van der Waals surface area contributed by atoms with Crippen molar-refractivity contribution in [2.45, 2.75) is 32.4 Å². The molecule has 1 N–H and O–H groups in total. The highest BCUT2D eigenvalue weighted by molar-refractivity contribution is 5.58. The molecular weight excluding hydrogens is 228 g/mol. The maximum absolute atomic E-state index is 5.45. The van der Waals surface area contributed by atoms with Crippen molar-refractivity contribution in [1.29, 1.82) is 0 Å². The fourth-order valence-electron chi connectivity index (χ4n) is 2.63. The number of fused-ring (bicyclic) bond motifs is 1. The van der Waals surface area contributed by atoms with E-state index in [2.05, 4.69) is 36.2 Å². The van der Waals surface area contributed by atoms with Gasteiger partial charge in [-0.2, -0.15) is 0 Å². The number of nitrogens with zero attached hydrogens (tertiary/aromatic N) is 1. The molecule has 1 saturated heterocycles. The average molecular weight is 248 g/mol. The van der Waals surface area contributed by atoms with E-state index in [-0.39, 0.29) is 0 Å². The Kier molecular flexibility index (Phi) is 3.04. The van der Waals surface area contributed by atoms with Gasteiger partial charge in [0.05, 0.1) is 0 Å². The van der Waals surface area contributed by atoms with Crippen LogP contribution in [0.5, 0.6) is 11.5 Å². The summed E-state index contributed by atoms with van der Waals surface area (Å²) in [7, 11) is 0. The molecule has 2 aliphatic rings. The first-order valence-corrected chi connectivity index (χ1v) is 6.67. The zero-order valence-electron chi connectivity index (χ0n) is 11.0. The maximum Gasteiger partial charge on any atom is 0.231 e. The van der Waals surface area contributed by atoms with Gasteiger partial charge in [0.15, 0.2) is 11.5 Å². The zero-order valence-corrected chi connectivity index (χ0v) is 11.0. The molecule has 0 saturated carbocycles. The van der Waals surface area contributed by atoms with E-state index in [1.807, 2.05) is 6.07 Å². The van der Waals surface area contributed by atoms with Gasteiger partial charge in [-0.05, 0) is 25.5 Å². The minimum absolute atomic E-state index is 0.341. The Labute approximate surface area is 108 Å². The summed E-state index contributed by atoms with van der Waals surface area (Å²) >= 11 is 0. The monoisotopic (exact) mass is 248 g/mol. The molecule has 0 amide bonds. The first kappa shape index (κ1) is 11.7. The van der Waals surface area contributed by atoms with Crippen LogP contribution >= 0.6 is 0 Å². The topological polar surface area (TPSA) is 33.7 Å². The normalized spacial score (nSPS) is 26.4. The number of piperazine rings is 1. The Morgan fingerprint density at radius 3 is 3.00 bits per heavy atom. The molecular formula is C14H20N2O2. The van der Waals surface area contributed by atoms with E-state index in [4.69, 9.17) is 9.47 Å². The van der Waals surface area contributed by atoms with Gasteiger partial charge in [-0.3, -0.25) is 0 Å². The molecule has 2 heterocycles. The molecule has 18 heavy (non-hydrogen) atoms. The molecule has 2 atom stereocenters. The molecule has 4 heteroatoms. The molecule has 0 radical (unpaired) electrons. The smallest absolute Gasteiger partial charge is 0.231 e. The van der Waals surface area contributed by atoms with Crippen LogP contribution in [-0.2, 0) is 0 Å². The second kappa shape index (κ2) is 4.69. The third-order valence-electron chi connectivity index (χ3n) is 3.83. The summed E-state index contributed by atoms with van der Waals surface area (Å²) in [4.78, 5) is 2.45. The number of nitrogens with one attached hydrogen (secondary N) is 1. The molecule has 4 nitrogen and oxygen atoms in total. The fourth-order valence-corrected chi connectivity index (χ4v) is 2.63. The maximum atomic E-state index is 5.45. The highest BCUT2D eigenvalue weighted by Gasteiger charge is 2.25. The summed E-state index contributed by atoms with van der Waals surface area (Å²) in [6, 6.07) is 7.31. The molecule has 1 aromatic rings. The summed E-state index contributed by atoms with van der Waals surface area (Å²) in [6.07, 6.45) is 1.16. The molecule has 0 aromatic heterocycles. The van der Waals surface area contributed by atoms with Gasteiger partial charge in [-0.25, -0.2) is 0 Å². The van der Waals surface area contributed by atoms with E-state index in [0.717, 1.165) is 31.0 Å². The van der Waals surface area contributed by atoms with Crippen LogP contribution < -0.4 is 19.7 Å². The average Bonchev–Trinajstić information content (AvgIpc) is 2.86. The molecule has 2 unspecified atom stereocenters. The number of anilines is 1. The third-order valence-corrected chi connectivity index (χ3v) is 3.83. The van der Waals surface area contributed by atoms with Crippen LogP contribution in [0.4, 0.5) is 5.69 Å². The van der Waals surface area contributed by atoms with Gasteiger partial charge in [0, 0.05) is 36.9 Å². The van der Waals surface area contributed by atoms with Gasteiger partial charge < -0.3 is 19.7 Å². The SMILES string of the molecule is CCC1CN(c2ccc3c(c2)OCO3)C(C)CN1. The Morgan fingerprint density at radius 2 is 2.17 bits per heavy atom. The van der Waals surface area contributed by atoms with Crippen LogP contribution in [-0.4, -0.2) is 32.0 Å². The minimum atomic E-state index is 0.341. The van der Waals surface area contributed by atoms with Crippen LogP contribution in [0.1, 0.15) is 20.3 Å². The van der Waals surface area contributed by atoms with E-state index in [0.29, 0.717) is 18.9 Å². The molecule has 0 spiro atoms. The molecule has 0 aliphatic carbocycles. The molecule has 0 bridgehead atoms. The predicted molar refractivity (Wildman–Crippen MR) is 71.5 cm³/mol. The number of hydrogen-bond acceptors (Lipinski definition) is 4. The molecule has 1 fully saturated rings. The second-order valence-corrected chi connectivity index (χ2v) is 5.05. The largest absolute Gasteiger partial charge is 0.454 e. The summed E-state index contributed by atoms with van der Waals surface area (Å²) < 4.78 is 10.8. The molecule has 2 aliphatic heterocycles. The van der Waals surface area contributed by atoms with E-state index in [1.54, 1.807) is 0 Å². The summed E-state index contributed by atoms with van der Waals surface area (Å²) in [5.41, 5.74) is 1.23. The van der Waals surface area contributed by atoms with Crippen LogP contribution in [0.2, 0.25) is 0 Å². The van der Waals surface area contributed by atoms with Gasteiger partial charge in [0.25, 0.3) is 0 Å². The number of ether oxygens (including phenoxy) is 2. The van der Waals surface area contributed by atoms with Crippen LogP contribution in [0.25, 0.3) is 0 Å². The lowest BCUT2D eigenvalue weighted by Crippen LogP contribution is -2.55. The first-order valence-electron chi connectivity index (χ1n) is 6.67. The van der Waals surface area contributed by atoms with Gasteiger partial charge in [-0.1, -0.05) is 6.92 Å². The Bertz CT molecular complexity index is 436. The summed E-state index contributed by atoms with van der Waals surface area (Å²) in [5.74, 6) is 1.72. The van der Waals surface area contributed by atoms with Crippen molar-refractivity contribution in [1.82, 2.24) is 5.32 Å². The lowest BCUT2D eigenvalue weighted by atomic mass is 10.1. The highest BCUT2D eigenvalue weighted by atomic mass is 16.7. The molecule has 3 rings (SSSR count). The van der Waals surface area contributed by atoms with Crippen molar-refractivity contribution in [2.24, 2.45) is 0 Å². The fraction of sp³-hybridized carbons (Fsp3) is 0.571. The lowest BCUT2D eigenvalue weighted by molar-refractivity contribution is 0.174. The summed E-state index contributed by atoms with van der Waals surface area (Å²) in [6.45, 7) is 6.91. The van der Waals surface area contributed by atoms with Gasteiger partial charge in [0.2, 0.25) is 6.79 Å². The van der Waals surface area contributed by atoms with Crippen molar-refractivity contribution >= 4 is 5.69 Å². The standard InChI is InChI=1S/C14H20N2O2/c1-3-11-8-16(10(2)7-15-11)12-4-5-13-14(6-12)18-9-17-13/h4-6,10-11,15H,3,7-9H2,1-2H3. The highest BCUT2D eigenvalue weighted by Crippen LogP contribution is 2.36. The Balaban J connectivity index is 1.84. The van der Waals surface area contributed by atoms with Crippen LogP contribution in [0, 0.1) is 0 Å². The van der Waals surface area contributed by atoms with Crippen molar-refractivity contribution in [2.75, 3.05) is 24.8 Å². The quantitative estimate of drug-likeness (QED) is 0.868. The van der Waals surface area contributed by atoms with Crippen molar-refractivity contribution in [3.05, 3.63) is 18.2 Å². The van der Waals surface area contributed by atoms with Gasteiger partial charge in [0.1, 0.15) is 0 Å². The Morgan fingerprint density at radius 1 is 1.33 bits per heavy atom. The second-order valence-electron chi connectivity index (χ2n) is 5.05. The number of hydrogen-bond donors (Lipinski definition) is 1. The van der Waals surface area contributed by atoms with Gasteiger partial charge >= 0.3 is 0 Å². The summed E-state index contributed by atoms with van der Waals surface area (Å²) in [5, 5.41) is 3.57. The van der Waals surface area contributed by atoms with E-state index >= 15 is 0 Å². The minimum Gasteiger partial charge on any atom is -0.454 e. The Hall–Kier alpha value is -1.42. The van der Waals surface area contributed by atoms with Crippen molar-refractivity contribution in [3.8, 4) is 11.5 Å². The third kappa shape index (κ3) is 2.01. The van der Waals surface area contributed by atoms with E-state index < -0.39 is 0 Å². The van der Waals surface area contributed by atoms with Crippen molar-refractivity contribution in [3.63, 3.8) is 0 Å². The van der Waals surface area contributed by atoms with E-state index in [1.165, 1.54) is 5.69 Å². The number of benzene rings is 1. The van der Waals surface area contributed by atoms with Crippen molar-refractivity contribution < 1.29 is 9.47 Å². The molecule has 1 aromatic carbocycles. The first-order chi connectivity index (χ1) is 8.78. The predicted octanol–water partition coefficient (Wildman–Crippen LogP) is 1.99. The van der Waals surface area contributed by atoms with Crippen LogP contribution in [0.3, 0.4) is 0 Å². The zero-order chi connectivity index (χ0) is 12.5. The number of rotatable bonds is 2.